The van der Waals surface area contributed by atoms with Crippen LogP contribution in [0.25, 0.3) is 0 Å². The summed E-state index contributed by atoms with van der Waals surface area (Å²) in [5, 5.41) is 5.17. The van der Waals surface area contributed by atoms with Crippen molar-refractivity contribution in [2.75, 3.05) is 33.1 Å². The first-order chi connectivity index (χ1) is 10.4. The van der Waals surface area contributed by atoms with Crippen LogP contribution in [-0.4, -0.2) is 51.1 Å². The summed E-state index contributed by atoms with van der Waals surface area (Å²) in [6, 6.07) is 7.45. The predicted molar refractivity (Wildman–Crippen MR) is 88.5 cm³/mol. The summed E-state index contributed by atoms with van der Waals surface area (Å²) in [6.45, 7) is 4.09. The third kappa shape index (κ3) is 10.2. The highest BCUT2D eigenvalue weighted by Gasteiger charge is 1.96. The van der Waals surface area contributed by atoms with Crippen LogP contribution in [0.3, 0.4) is 0 Å². The number of rotatable bonds is 3. The standard InChI is InChI=1S/C9H12N2O.C6H12N2O2/c1-7-4-3-5-8(6-7)11-9(12)10-2;1-4-10-6(9)7-5-8(2)3/h3-6H,1-2H3,(H2,10,11,12);5H,4H2,1-3H3. The molecule has 0 unspecified atom stereocenters. The van der Waals surface area contributed by atoms with Crippen LogP contribution in [0.1, 0.15) is 12.5 Å². The van der Waals surface area contributed by atoms with Crippen molar-refractivity contribution in [2.24, 2.45) is 4.99 Å². The third-order valence-corrected chi connectivity index (χ3v) is 2.16. The molecule has 122 valence electrons. The zero-order valence-corrected chi connectivity index (χ0v) is 13.7. The molecule has 1 rings (SSSR count). The summed E-state index contributed by atoms with van der Waals surface area (Å²) in [4.78, 5) is 26.5. The first kappa shape index (κ1) is 19.4. The topological polar surface area (TPSA) is 83.0 Å². The van der Waals surface area contributed by atoms with Crippen molar-refractivity contribution >= 4 is 24.2 Å². The van der Waals surface area contributed by atoms with E-state index in [2.05, 4.69) is 20.4 Å². The second-order valence-electron chi connectivity index (χ2n) is 4.48. The molecule has 0 fully saturated rings. The lowest BCUT2D eigenvalue weighted by Crippen LogP contribution is -2.24. The van der Waals surface area contributed by atoms with Gasteiger partial charge in [0, 0.05) is 26.8 Å². The lowest BCUT2D eigenvalue weighted by atomic mass is 10.2. The van der Waals surface area contributed by atoms with Crippen LogP contribution in [-0.2, 0) is 4.74 Å². The summed E-state index contributed by atoms with van der Waals surface area (Å²) < 4.78 is 4.53. The van der Waals surface area contributed by atoms with Gasteiger partial charge in [-0.2, -0.15) is 4.99 Å². The number of urea groups is 1. The van der Waals surface area contributed by atoms with Gasteiger partial charge in [0.15, 0.2) is 0 Å². The molecule has 0 aliphatic carbocycles. The van der Waals surface area contributed by atoms with Crippen molar-refractivity contribution in [1.29, 1.82) is 0 Å². The predicted octanol–water partition coefficient (Wildman–Crippen LogP) is 2.48. The van der Waals surface area contributed by atoms with Gasteiger partial charge < -0.3 is 20.3 Å². The number of hydrogen-bond donors (Lipinski definition) is 2. The number of nitrogens with zero attached hydrogens (tertiary/aromatic N) is 2. The Kier molecular flexibility index (Phi) is 9.83. The maximum atomic E-state index is 10.9. The van der Waals surface area contributed by atoms with Crippen LogP contribution >= 0.6 is 0 Å². The number of anilines is 1. The van der Waals surface area contributed by atoms with Crippen LogP contribution in [0.5, 0.6) is 0 Å². The second-order valence-corrected chi connectivity index (χ2v) is 4.48. The van der Waals surface area contributed by atoms with Gasteiger partial charge in [-0.25, -0.2) is 9.59 Å². The number of carbonyl (C=O) groups excluding carboxylic acids is 2. The van der Waals surface area contributed by atoms with E-state index in [4.69, 9.17) is 0 Å². The van der Waals surface area contributed by atoms with Gasteiger partial charge in [0.05, 0.1) is 12.9 Å². The lowest BCUT2D eigenvalue weighted by Gasteiger charge is -2.03. The Morgan fingerprint density at radius 2 is 2.05 bits per heavy atom. The molecular formula is C15H24N4O3. The lowest BCUT2D eigenvalue weighted by molar-refractivity contribution is 0.163. The van der Waals surface area contributed by atoms with Gasteiger partial charge in [-0.1, -0.05) is 12.1 Å². The molecule has 0 saturated carbocycles. The van der Waals surface area contributed by atoms with Gasteiger partial charge in [0.25, 0.3) is 0 Å². The number of hydrogen-bond acceptors (Lipinski definition) is 3. The van der Waals surface area contributed by atoms with Crippen LogP contribution in [0.4, 0.5) is 15.3 Å². The smallest absolute Gasteiger partial charge is 0.434 e. The van der Waals surface area contributed by atoms with Crippen LogP contribution in [0.2, 0.25) is 0 Å². The number of benzene rings is 1. The van der Waals surface area contributed by atoms with Gasteiger partial charge in [0.1, 0.15) is 0 Å². The fourth-order valence-corrected chi connectivity index (χ4v) is 1.24. The Labute approximate surface area is 131 Å². The fraction of sp³-hybridized carbons (Fsp3) is 0.400. The number of aliphatic imine (C=N–C) groups is 1. The minimum absolute atomic E-state index is 0.194. The summed E-state index contributed by atoms with van der Waals surface area (Å²) in [6.07, 6.45) is 0.856. The van der Waals surface area contributed by atoms with E-state index < -0.39 is 6.09 Å². The minimum atomic E-state index is -0.545. The zero-order chi connectivity index (χ0) is 17.0. The number of nitrogens with one attached hydrogen (secondary N) is 2. The summed E-state index contributed by atoms with van der Waals surface area (Å²) in [7, 11) is 5.15. The summed E-state index contributed by atoms with van der Waals surface area (Å²) in [5.41, 5.74) is 1.94. The second kappa shape index (κ2) is 11.1. The number of carbonyl (C=O) groups is 2. The molecule has 2 N–H and O–H groups in total. The van der Waals surface area contributed by atoms with E-state index in [0.717, 1.165) is 11.3 Å². The van der Waals surface area contributed by atoms with E-state index in [-0.39, 0.29) is 6.03 Å². The number of amides is 3. The summed E-state index contributed by atoms with van der Waals surface area (Å²) >= 11 is 0. The average molecular weight is 308 g/mol. The van der Waals surface area contributed by atoms with Gasteiger partial charge in [-0.05, 0) is 31.5 Å². The molecule has 1 aromatic carbocycles. The van der Waals surface area contributed by atoms with Crippen LogP contribution in [0.15, 0.2) is 29.3 Å². The van der Waals surface area contributed by atoms with Crippen molar-refractivity contribution in [3.05, 3.63) is 29.8 Å². The molecular weight excluding hydrogens is 284 g/mol. The zero-order valence-electron chi connectivity index (χ0n) is 13.7. The molecule has 0 aliphatic heterocycles. The Bertz CT molecular complexity index is 501. The van der Waals surface area contributed by atoms with Crippen molar-refractivity contribution < 1.29 is 14.3 Å². The largest absolute Gasteiger partial charge is 0.448 e. The van der Waals surface area contributed by atoms with Crippen LogP contribution in [0, 0.1) is 6.92 Å². The third-order valence-electron chi connectivity index (χ3n) is 2.16. The highest BCUT2D eigenvalue weighted by atomic mass is 16.5. The summed E-state index contributed by atoms with van der Waals surface area (Å²) in [5.74, 6) is 0. The minimum Gasteiger partial charge on any atom is -0.448 e. The molecule has 1 aromatic rings. The molecule has 7 heteroatoms. The Morgan fingerprint density at radius 1 is 1.36 bits per heavy atom. The highest BCUT2D eigenvalue weighted by molar-refractivity contribution is 5.89. The molecule has 0 aliphatic rings. The van der Waals surface area contributed by atoms with E-state index in [9.17, 15) is 9.59 Å². The Morgan fingerprint density at radius 3 is 2.55 bits per heavy atom. The molecule has 0 radical (unpaired) electrons. The highest BCUT2D eigenvalue weighted by Crippen LogP contribution is 2.08. The quantitative estimate of drug-likeness (QED) is 0.664. The molecule has 0 spiro atoms. The Hall–Kier alpha value is -2.57. The van der Waals surface area contributed by atoms with Crippen LogP contribution < -0.4 is 10.6 Å². The fourth-order valence-electron chi connectivity index (χ4n) is 1.24. The maximum Gasteiger partial charge on any atom is 0.434 e. The first-order valence-corrected chi connectivity index (χ1v) is 6.81. The number of ether oxygens (including phenoxy) is 1. The molecule has 0 bridgehead atoms. The Balaban J connectivity index is 0.000000409. The van der Waals surface area contributed by atoms with E-state index >= 15 is 0 Å². The van der Waals surface area contributed by atoms with E-state index in [1.165, 1.54) is 6.34 Å². The van der Waals surface area contributed by atoms with Crippen molar-refractivity contribution in [3.8, 4) is 0 Å². The monoisotopic (exact) mass is 308 g/mol. The molecule has 0 heterocycles. The average Bonchev–Trinajstić information content (AvgIpc) is 2.46. The van der Waals surface area contributed by atoms with Gasteiger partial charge in [-0.3, -0.25) is 0 Å². The maximum absolute atomic E-state index is 10.9. The molecule has 0 atom stereocenters. The van der Waals surface area contributed by atoms with Gasteiger partial charge in [-0.15, -0.1) is 0 Å². The van der Waals surface area contributed by atoms with Gasteiger partial charge in [0.2, 0.25) is 0 Å². The van der Waals surface area contributed by atoms with Crippen molar-refractivity contribution in [2.45, 2.75) is 13.8 Å². The number of aryl methyl sites for hydroxylation is 1. The van der Waals surface area contributed by atoms with E-state index in [1.807, 2.05) is 31.2 Å². The molecule has 7 nitrogen and oxygen atoms in total. The first-order valence-electron chi connectivity index (χ1n) is 6.81. The van der Waals surface area contributed by atoms with Gasteiger partial charge >= 0.3 is 12.1 Å². The van der Waals surface area contributed by atoms with E-state index in [1.54, 1.807) is 33.0 Å². The molecule has 3 amide bonds. The van der Waals surface area contributed by atoms with Crippen molar-refractivity contribution in [1.82, 2.24) is 10.2 Å². The normalized spacial score (nSPS) is 9.50. The molecule has 0 aromatic heterocycles. The van der Waals surface area contributed by atoms with E-state index in [0.29, 0.717) is 6.61 Å². The van der Waals surface area contributed by atoms with Crippen molar-refractivity contribution in [3.63, 3.8) is 0 Å². The molecule has 22 heavy (non-hydrogen) atoms. The molecule has 0 saturated heterocycles. The SMILES string of the molecule is CCOC(=O)N=CN(C)C.CNC(=O)Nc1cccc(C)c1.